The van der Waals surface area contributed by atoms with Crippen LogP contribution in [0.25, 0.3) is 0 Å². The number of amides is 1. The number of rotatable bonds is 5. The number of fused-ring (bicyclic) bond motifs is 1. The lowest BCUT2D eigenvalue weighted by atomic mass is 9.84. The molecule has 1 aliphatic carbocycles. The first-order valence-corrected chi connectivity index (χ1v) is 10.2. The van der Waals surface area contributed by atoms with Gasteiger partial charge in [0.15, 0.2) is 11.5 Å². The van der Waals surface area contributed by atoms with Crippen LogP contribution in [0.3, 0.4) is 0 Å². The highest BCUT2D eigenvalue weighted by molar-refractivity contribution is 6.04. The number of carbonyl (C=O) groups excluding carboxylic acids is 1. The van der Waals surface area contributed by atoms with Crippen LogP contribution in [0.4, 0.5) is 5.82 Å². The lowest BCUT2D eigenvalue weighted by molar-refractivity contribution is 0.102. The van der Waals surface area contributed by atoms with Crippen LogP contribution in [-0.2, 0) is 0 Å². The molecule has 2 fully saturated rings. The van der Waals surface area contributed by atoms with Gasteiger partial charge in [-0.15, -0.1) is 0 Å². The van der Waals surface area contributed by atoms with Gasteiger partial charge in [-0.05, 0) is 49.8 Å². The number of anilines is 1. The summed E-state index contributed by atoms with van der Waals surface area (Å²) < 4.78 is 12.7. The second-order valence-electron chi connectivity index (χ2n) is 8.01. The number of nitrogens with zero attached hydrogens (tertiary/aromatic N) is 3. The Bertz CT molecular complexity index is 853. The van der Waals surface area contributed by atoms with Crippen LogP contribution in [0.2, 0.25) is 0 Å². The summed E-state index contributed by atoms with van der Waals surface area (Å²) in [6.07, 6.45) is 8.10. The zero-order chi connectivity index (χ0) is 18.9. The highest BCUT2D eigenvalue weighted by Crippen LogP contribution is 2.33. The predicted molar refractivity (Wildman–Crippen MR) is 105 cm³/mol. The lowest BCUT2D eigenvalue weighted by Crippen LogP contribution is -2.39. The maximum Gasteiger partial charge on any atom is 0.256 e. The number of benzene rings is 1. The Kier molecular flexibility index (Phi) is 4.68. The van der Waals surface area contributed by atoms with Crippen LogP contribution in [0.15, 0.2) is 30.5 Å². The van der Waals surface area contributed by atoms with Gasteiger partial charge in [0.05, 0.1) is 12.2 Å². The van der Waals surface area contributed by atoms with Crippen molar-refractivity contribution in [2.45, 2.75) is 38.1 Å². The van der Waals surface area contributed by atoms with E-state index >= 15 is 0 Å². The van der Waals surface area contributed by atoms with Crippen LogP contribution in [0.5, 0.6) is 11.5 Å². The minimum Gasteiger partial charge on any atom is -0.454 e. The Hall–Kier alpha value is -2.54. The van der Waals surface area contributed by atoms with Crippen molar-refractivity contribution in [1.29, 1.82) is 0 Å². The van der Waals surface area contributed by atoms with E-state index in [0.717, 1.165) is 37.7 Å². The Morgan fingerprint density at radius 2 is 1.93 bits per heavy atom. The van der Waals surface area contributed by atoms with Gasteiger partial charge in [-0.2, -0.15) is 5.10 Å². The third-order valence-electron chi connectivity index (χ3n) is 6.19. The maximum absolute atomic E-state index is 12.7. The molecular weight excluding hydrogens is 356 g/mol. The molecule has 148 valence electrons. The second-order valence-corrected chi connectivity index (χ2v) is 8.01. The monoisotopic (exact) mass is 382 g/mol. The molecule has 28 heavy (non-hydrogen) atoms. The molecule has 0 spiro atoms. The molecule has 2 aromatic rings. The average molecular weight is 382 g/mol. The molecule has 3 aliphatic rings. The van der Waals surface area contributed by atoms with E-state index < -0.39 is 0 Å². The van der Waals surface area contributed by atoms with Gasteiger partial charge < -0.3 is 19.7 Å². The number of piperidine rings is 1. The second kappa shape index (κ2) is 7.47. The van der Waals surface area contributed by atoms with Crippen LogP contribution in [0.1, 0.15) is 48.5 Å². The lowest BCUT2D eigenvalue weighted by Gasteiger charge is -2.37. The number of aromatic nitrogens is 2. The fourth-order valence-corrected chi connectivity index (χ4v) is 4.32. The van der Waals surface area contributed by atoms with Crippen LogP contribution < -0.4 is 14.8 Å². The van der Waals surface area contributed by atoms with Crippen LogP contribution in [0, 0.1) is 5.92 Å². The molecule has 1 aromatic carbocycles. The van der Waals surface area contributed by atoms with Gasteiger partial charge in [0.2, 0.25) is 6.79 Å². The van der Waals surface area contributed by atoms with Crippen molar-refractivity contribution in [3.8, 4) is 11.5 Å². The summed E-state index contributed by atoms with van der Waals surface area (Å²) in [7, 11) is 0. The van der Waals surface area contributed by atoms with E-state index in [1.165, 1.54) is 25.8 Å². The third-order valence-corrected chi connectivity index (χ3v) is 6.19. The van der Waals surface area contributed by atoms with Crippen molar-refractivity contribution in [2.75, 3.05) is 31.7 Å². The Balaban J connectivity index is 1.22. The van der Waals surface area contributed by atoms with Gasteiger partial charge >= 0.3 is 0 Å². The fourth-order valence-electron chi connectivity index (χ4n) is 4.32. The highest BCUT2D eigenvalue weighted by atomic mass is 16.7. The number of nitrogens with one attached hydrogen (secondary N) is 1. The molecule has 5 rings (SSSR count). The maximum atomic E-state index is 12.7. The first kappa shape index (κ1) is 17.6. The molecule has 1 aromatic heterocycles. The molecule has 1 amide bonds. The summed E-state index contributed by atoms with van der Waals surface area (Å²) in [5.74, 6) is 2.79. The zero-order valence-corrected chi connectivity index (χ0v) is 16.0. The van der Waals surface area contributed by atoms with E-state index in [1.54, 1.807) is 24.4 Å². The Morgan fingerprint density at radius 3 is 2.71 bits per heavy atom. The number of likely N-dealkylation sites (tertiary alicyclic amines) is 1. The number of ether oxygens (including phenoxy) is 2. The Morgan fingerprint density at radius 1 is 1.11 bits per heavy atom. The standard InChI is InChI=1S/C21H26N4O3/c26-21(16-4-5-18-19(12-16)28-14-27-18)23-20-6-9-22-25(20)17-7-10-24(11-8-17)13-15-2-1-3-15/h4-6,9,12,15,17H,1-3,7-8,10-11,13-14H2,(H,23,26). The third kappa shape index (κ3) is 3.46. The molecule has 1 N–H and O–H groups in total. The topological polar surface area (TPSA) is 68.6 Å². The smallest absolute Gasteiger partial charge is 0.256 e. The van der Waals surface area contributed by atoms with Crippen molar-refractivity contribution in [1.82, 2.24) is 14.7 Å². The van der Waals surface area contributed by atoms with E-state index in [9.17, 15) is 4.79 Å². The van der Waals surface area contributed by atoms with Crippen LogP contribution in [-0.4, -0.2) is 47.0 Å². The van der Waals surface area contributed by atoms with Gasteiger partial charge in [0, 0.05) is 31.3 Å². The molecule has 0 atom stereocenters. The van der Waals surface area contributed by atoms with Crippen LogP contribution >= 0.6 is 0 Å². The molecule has 0 bridgehead atoms. The van der Waals surface area contributed by atoms with Gasteiger partial charge in [0.25, 0.3) is 5.91 Å². The van der Waals surface area contributed by atoms with Gasteiger partial charge in [-0.1, -0.05) is 6.42 Å². The van der Waals surface area contributed by atoms with Gasteiger partial charge in [-0.25, -0.2) is 4.68 Å². The molecule has 0 unspecified atom stereocenters. The molecule has 7 nitrogen and oxygen atoms in total. The normalized spacial score (nSPS) is 20.1. The summed E-state index contributed by atoms with van der Waals surface area (Å²) in [5, 5.41) is 7.51. The summed E-state index contributed by atoms with van der Waals surface area (Å²) in [5.41, 5.74) is 0.548. The minimum absolute atomic E-state index is 0.164. The van der Waals surface area contributed by atoms with Crippen molar-refractivity contribution < 1.29 is 14.3 Å². The SMILES string of the molecule is O=C(Nc1ccnn1C1CCN(CC2CCC2)CC1)c1ccc2c(c1)OCO2. The molecule has 1 saturated heterocycles. The van der Waals surface area contributed by atoms with Crippen molar-refractivity contribution in [2.24, 2.45) is 5.92 Å². The molecule has 7 heteroatoms. The minimum atomic E-state index is -0.164. The number of hydrogen-bond donors (Lipinski definition) is 1. The van der Waals surface area contributed by atoms with E-state index in [2.05, 4.69) is 15.3 Å². The zero-order valence-electron chi connectivity index (χ0n) is 16.0. The first-order valence-electron chi connectivity index (χ1n) is 10.2. The summed E-state index contributed by atoms with van der Waals surface area (Å²) in [6.45, 7) is 3.67. The van der Waals surface area contributed by atoms with Gasteiger partial charge in [0.1, 0.15) is 5.82 Å². The molecular formula is C21H26N4O3. The molecule has 2 aliphatic heterocycles. The number of hydrogen-bond acceptors (Lipinski definition) is 5. The highest BCUT2D eigenvalue weighted by Gasteiger charge is 2.27. The largest absolute Gasteiger partial charge is 0.454 e. The van der Waals surface area contributed by atoms with E-state index in [4.69, 9.17) is 9.47 Å². The van der Waals surface area contributed by atoms with Crippen molar-refractivity contribution in [3.05, 3.63) is 36.0 Å². The molecule has 0 radical (unpaired) electrons. The predicted octanol–water partition coefficient (Wildman–Crippen LogP) is 3.30. The first-order chi connectivity index (χ1) is 13.8. The molecule has 1 saturated carbocycles. The fraction of sp³-hybridized carbons (Fsp3) is 0.524. The van der Waals surface area contributed by atoms with E-state index in [0.29, 0.717) is 23.1 Å². The molecule has 3 heterocycles. The summed E-state index contributed by atoms with van der Waals surface area (Å²) in [6, 6.07) is 7.44. The summed E-state index contributed by atoms with van der Waals surface area (Å²) >= 11 is 0. The summed E-state index contributed by atoms with van der Waals surface area (Å²) in [4.78, 5) is 15.3. The van der Waals surface area contributed by atoms with Crippen molar-refractivity contribution >= 4 is 11.7 Å². The van der Waals surface area contributed by atoms with E-state index in [1.807, 2.05) is 10.7 Å². The Labute approximate surface area is 164 Å². The van der Waals surface area contributed by atoms with E-state index in [-0.39, 0.29) is 12.7 Å². The number of carbonyl (C=O) groups is 1. The van der Waals surface area contributed by atoms with Crippen molar-refractivity contribution in [3.63, 3.8) is 0 Å². The van der Waals surface area contributed by atoms with Gasteiger partial charge in [-0.3, -0.25) is 4.79 Å². The quantitative estimate of drug-likeness (QED) is 0.859. The average Bonchev–Trinajstić information content (AvgIpc) is 3.33.